The zero-order chi connectivity index (χ0) is 13.1. The first-order valence-corrected chi connectivity index (χ1v) is 9.92. The molecule has 6 heteroatoms. The molecule has 2 aromatic heterocycles. The van der Waals surface area contributed by atoms with Gasteiger partial charge in [-0.25, -0.2) is 0 Å². The van der Waals surface area contributed by atoms with Crippen LogP contribution in [0.3, 0.4) is 0 Å². The molecule has 98 valence electrons. The number of fused-ring (bicyclic) bond motifs is 2. The van der Waals surface area contributed by atoms with Crippen molar-refractivity contribution in [2.24, 2.45) is 0 Å². The number of rotatable bonds is 0. The van der Waals surface area contributed by atoms with Crippen LogP contribution in [0, 0.1) is 0 Å². The maximum absolute atomic E-state index is 6.29. The summed E-state index contributed by atoms with van der Waals surface area (Å²) in [6.07, 6.45) is 3.54. The number of hydrogen-bond donors (Lipinski definition) is 0. The fourth-order valence-corrected chi connectivity index (χ4v) is 7.55. The third kappa shape index (κ3) is 1.52. The molecule has 4 rings (SSSR count). The Balaban J connectivity index is 1.81. The molecule has 0 unspecified atom stereocenters. The van der Waals surface area contributed by atoms with Gasteiger partial charge in [0.05, 0.1) is 0 Å². The van der Waals surface area contributed by atoms with Crippen LogP contribution in [0.1, 0.15) is 0 Å². The summed E-state index contributed by atoms with van der Waals surface area (Å²) in [6, 6.07) is 11.7. The van der Waals surface area contributed by atoms with Crippen molar-refractivity contribution in [1.29, 1.82) is 0 Å². The number of halogens is 1. The van der Waals surface area contributed by atoms with Gasteiger partial charge in [0.1, 0.15) is 0 Å². The van der Waals surface area contributed by atoms with Gasteiger partial charge in [-0.15, -0.1) is 0 Å². The fourth-order valence-electron chi connectivity index (χ4n) is 3.04. The second-order valence-corrected chi connectivity index (χ2v) is 11.1. The molecule has 0 saturated carbocycles. The zero-order valence-electron chi connectivity index (χ0n) is 10.5. The molecule has 0 aromatic carbocycles. The molecule has 0 N–H and O–H groups in total. The molecule has 0 fully saturated rings. The van der Waals surface area contributed by atoms with Crippen molar-refractivity contribution in [2.45, 2.75) is 18.9 Å². The van der Waals surface area contributed by atoms with Crippen molar-refractivity contribution < 1.29 is 18.0 Å². The van der Waals surface area contributed by atoms with Crippen LogP contribution >= 0.6 is 11.6 Å². The predicted octanol–water partition coefficient (Wildman–Crippen LogP) is 1.50. The average Bonchev–Trinajstić information content (AvgIpc) is 2.83. The summed E-state index contributed by atoms with van der Waals surface area (Å²) in [5.74, 6) is 1.68. The van der Waals surface area contributed by atoms with Crippen LogP contribution in [0.5, 0.6) is 11.8 Å². The van der Waals surface area contributed by atoms with E-state index in [0.29, 0.717) is 5.15 Å². The third-order valence-electron chi connectivity index (χ3n) is 3.81. The van der Waals surface area contributed by atoms with Gasteiger partial charge in [0, 0.05) is 0 Å². The Labute approximate surface area is 116 Å². The molecular weight excluding hydrogens is 280 g/mol. The van der Waals surface area contributed by atoms with Crippen molar-refractivity contribution >= 4 is 19.4 Å². The number of pyridine rings is 2. The van der Waals surface area contributed by atoms with E-state index in [1.807, 2.05) is 47.2 Å². The minimum absolute atomic E-state index is 0.691. The summed E-state index contributed by atoms with van der Waals surface area (Å²) >= 11 is 6.25. The Morgan fingerprint density at radius 2 is 1.84 bits per heavy atom. The average molecular weight is 294 g/mol. The van der Waals surface area contributed by atoms with Gasteiger partial charge in [0.15, 0.2) is 0 Å². The number of hydrogen-bond acceptors (Lipinski definition) is 2. The number of nitrogens with zero attached hydrogens (tertiary/aromatic N) is 2. The number of aromatic nitrogens is 2. The van der Waals surface area contributed by atoms with E-state index in [4.69, 9.17) is 20.5 Å². The molecule has 19 heavy (non-hydrogen) atoms. The van der Waals surface area contributed by atoms with Crippen molar-refractivity contribution in [1.82, 2.24) is 0 Å². The SMILES string of the molecule is C[Si-]12(C[n+]3ccccc3O1)C[n+]1c(Cl)cccc1O2. The van der Waals surface area contributed by atoms with Gasteiger partial charge < -0.3 is 0 Å². The molecule has 2 aliphatic heterocycles. The van der Waals surface area contributed by atoms with Crippen molar-refractivity contribution in [3.8, 4) is 11.8 Å². The molecule has 4 nitrogen and oxygen atoms in total. The van der Waals surface area contributed by atoms with E-state index >= 15 is 0 Å². The molecule has 2 aromatic rings. The first-order chi connectivity index (χ1) is 9.06. The monoisotopic (exact) mass is 293 g/mol. The van der Waals surface area contributed by atoms with Crippen LogP contribution in [0.15, 0.2) is 42.6 Å². The van der Waals surface area contributed by atoms with Crippen LogP contribution in [0.4, 0.5) is 0 Å². The quantitative estimate of drug-likeness (QED) is 0.418. The van der Waals surface area contributed by atoms with Gasteiger partial charge in [-0.05, 0) is 0 Å². The van der Waals surface area contributed by atoms with Crippen molar-refractivity contribution in [3.63, 3.8) is 0 Å². The Morgan fingerprint density at radius 3 is 2.63 bits per heavy atom. The van der Waals surface area contributed by atoms with E-state index in [0.717, 1.165) is 24.1 Å². The first kappa shape index (κ1) is 11.3. The summed E-state index contributed by atoms with van der Waals surface area (Å²) in [5.41, 5.74) is 0. The van der Waals surface area contributed by atoms with E-state index in [1.165, 1.54) is 0 Å². The summed E-state index contributed by atoms with van der Waals surface area (Å²) in [4.78, 5) is 0. The summed E-state index contributed by atoms with van der Waals surface area (Å²) in [7, 11) is -3.03. The van der Waals surface area contributed by atoms with E-state index < -0.39 is 7.84 Å². The maximum atomic E-state index is 6.29. The molecule has 4 heterocycles. The zero-order valence-corrected chi connectivity index (χ0v) is 12.3. The Morgan fingerprint density at radius 1 is 1.05 bits per heavy atom. The van der Waals surface area contributed by atoms with E-state index in [9.17, 15) is 0 Å². The molecule has 0 saturated heterocycles. The summed E-state index contributed by atoms with van der Waals surface area (Å²) < 4.78 is 16.7. The third-order valence-corrected chi connectivity index (χ3v) is 7.96. The second-order valence-electron chi connectivity index (χ2n) is 5.67. The van der Waals surface area contributed by atoms with Crippen LogP contribution in [-0.4, -0.2) is 7.84 Å². The molecule has 0 atom stereocenters. The molecule has 0 amide bonds. The molecule has 1 spiro atoms. The predicted molar refractivity (Wildman–Crippen MR) is 71.2 cm³/mol. The van der Waals surface area contributed by atoms with Gasteiger partial charge in [0.2, 0.25) is 0 Å². The van der Waals surface area contributed by atoms with Gasteiger partial charge in [0.25, 0.3) is 0 Å². The van der Waals surface area contributed by atoms with Gasteiger partial charge >= 0.3 is 116 Å². The molecule has 2 aliphatic rings. The van der Waals surface area contributed by atoms with Crippen LogP contribution in [-0.2, 0) is 12.3 Å². The van der Waals surface area contributed by atoms with Crippen LogP contribution < -0.4 is 18.0 Å². The van der Waals surface area contributed by atoms with E-state index in [-0.39, 0.29) is 0 Å². The molecule has 0 bridgehead atoms. The van der Waals surface area contributed by atoms with Gasteiger partial charge in [-0.3, -0.25) is 0 Å². The second kappa shape index (κ2) is 3.29. The molecular formula is C13H14ClN2O2Si+. The normalized spacial score (nSPS) is 22.7. The Hall–Kier alpha value is -1.59. The van der Waals surface area contributed by atoms with Crippen LogP contribution in [0.25, 0.3) is 0 Å². The van der Waals surface area contributed by atoms with Crippen molar-refractivity contribution in [3.05, 3.63) is 47.7 Å². The first-order valence-electron chi connectivity index (χ1n) is 6.31. The summed E-state index contributed by atoms with van der Waals surface area (Å²) in [5, 5.41) is 0.691. The van der Waals surface area contributed by atoms with Crippen molar-refractivity contribution in [2.75, 3.05) is 0 Å². The van der Waals surface area contributed by atoms with Gasteiger partial charge in [-0.2, -0.15) is 0 Å². The summed E-state index contributed by atoms with van der Waals surface area (Å²) in [6.45, 7) is 2.14. The fraction of sp³-hybridized carbons (Fsp3) is 0.231. The topological polar surface area (TPSA) is 26.2 Å². The van der Waals surface area contributed by atoms with E-state index in [1.54, 1.807) is 0 Å². The molecule has 0 radical (unpaired) electrons. The Bertz CT molecular complexity index is 682. The standard InChI is InChI=1S/C13H14ClN2O2Si/c1-19(9-15-8-3-2-6-12(15)17-19)10-16-11(14)5-4-7-13(16)18-19/h2-8H,9-10H2,1H3/q+1. The van der Waals surface area contributed by atoms with Gasteiger partial charge in [-0.1, -0.05) is 0 Å². The van der Waals surface area contributed by atoms with E-state index in [2.05, 4.69) is 11.1 Å². The molecule has 0 aliphatic carbocycles. The van der Waals surface area contributed by atoms with Crippen LogP contribution in [0.2, 0.25) is 11.7 Å². The minimum atomic E-state index is -3.03. The Kier molecular flexibility index (Phi) is 1.95.